The van der Waals surface area contributed by atoms with E-state index >= 15 is 0 Å². The first-order chi connectivity index (χ1) is 14.4. The van der Waals surface area contributed by atoms with Crippen molar-refractivity contribution in [3.05, 3.63) is 57.3 Å². The van der Waals surface area contributed by atoms with Crippen molar-refractivity contribution in [1.82, 2.24) is 4.98 Å². The number of carbonyl (C=O) groups is 1. The van der Waals surface area contributed by atoms with Crippen LogP contribution in [0.25, 0.3) is 11.1 Å². The summed E-state index contributed by atoms with van der Waals surface area (Å²) in [5.74, 6) is 0.385. The zero-order chi connectivity index (χ0) is 21.7. The van der Waals surface area contributed by atoms with Gasteiger partial charge in [-0.05, 0) is 59.5 Å². The summed E-state index contributed by atoms with van der Waals surface area (Å²) >= 11 is 2.75. The summed E-state index contributed by atoms with van der Waals surface area (Å²) in [4.78, 5) is 16.6. The third kappa shape index (κ3) is 4.62. The molecule has 8 heteroatoms. The molecule has 0 aliphatic rings. The molecule has 0 radical (unpaired) electrons. The number of thiophene rings is 1. The highest BCUT2D eigenvalue weighted by molar-refractivity contribution is 7.99. The van der Waals surface area contributed by atoms with E-state index in [1.165, 1.54) is 28.7 Å². The molecule has 1 amide bonds. The maximum absolute atomic E-state index is 12.3. The number of thioether (sulfide) groups is 1. The van der Waals surface area contributed by atoms with Gasteiger partial charge in [0.15, 0.2) is 0 Å². The van der Waals surface area contributed by atoms with Gasteiger partial charge in [0.05, 0.1) is 5.56 Å². The lowest BCUT2D eigenvalue weighted by Gasteiger charge is -2.12. The summed E-state index contributed by atoms with van der Waals surface area (Å²) in [6.07, 6.45) is 0.248. The van der Waals surface area contributed by atoms with Crippen LogP contribution in [-0.2, 0) is 4.79 Å². The molecule has 0 saturated carbocycles. The molecular weight excluding hydrogens is 414 g/mol. The standard InChI is InChI=1S/C22H19N5OS2/c1-13-3-4-16(9-14(13)2)26-19(28)6-8-30-22-18(11-24)20(15-5-7-29-12-15)17(10-23)21(25)27-22/h3-5,7,9,12H,6,8H2,1-2H3,(H2,25,27)(H,26,28). The lowest BCUT2D eigenvalue weighted by molar-refractivity contribution is -0.115. The van der Waals surface area contributed by atoms with Crippen LogP contribution in [0.4, 0.5) is 11.5 Å². The monoisotopic (exact) mass is 433 g/mol. The van der Waals surface area contributed by atoms with E-state index in [4.69, 9.17) is 5.73 Å². The van der Waals surface area contributed by atoms with E-state index in [1.807, 2.05) is 48.9 Å². The highest BCUT2D eigenvalue weighted by atomic mass is 32.2. The van der Waals surface area contributed by atoms with Gasteiger partial charge in [-0.15, -0.1) is 11.8 Å². The van der Waals surface area contributed by atoms with Gasteiger partial charge in [-0.2, -0.15) is 21.9 Å². The fraction of sp³-hybridized carbons (Fsp3) is 0.182. The summed E-state index contributed by atoms with van der Waals surface area (Å²) < 4.78 is 0. The molecule has 0 bridgehead atoms. The molecule has 2 aromatic heterocycles. The molecule has 30 heavy (non-hydrogen) atoms. The maximum atomic E-state index is 12.3. The number of nitrogen functional groups attached to an aromatic ring is 1. The zero-order valence-electron chi connectivity index (χ0n) is 16.5. The molecule has 1 aromatic carbocycles. The number of aryl methyl sites for hydroxylation is 2. The Labute approximate surface area is 183 Å². The molecular formula is C22H19N5OS2. The third-order valence-electron chi connectivity index (χ3n) is 4.58. The SMILES string of the molecule is Cc1ccc(NC(=O)CCSc2nc(N)c(C#N)c(-c3ccsc3)c2C#N)cc1C. The number of aromatic nitrogens is 1. The Bertz CT molecular complexity index is 1170. The molecule has 3 aromatic rings. The van der Waals surface area contributed by atoms with Crippen molar-refractivity contribution in [2.24, 2.45) is 0 Å². The van der Waals surface area contributed by atoms with Crippen molar-refractivity contribution in [3.8, 4) is 23.3 Å². The molecule has 0 saturated heterocycles. The highest BCUT2D eigenvalue weighted by Gasteiger charge is 2.20. The van der Waals surface area contributed by atoms with E-state index in [0.717, 1.165) is 16.8 Å². The van der Waals surface area contributed by atoms with E-state index in [-0.39, 0.29) is 23.7 Å². The van der Waals surface area contributed by atoms with Gasteiger partial charge in [0, 0.05) is 23.4 Å². The van der Waals surface area contributed by atoms with Gasteiger partial charge in [0.25, 0.3) is 0 Å². The number of rotatable bonds is 6. The maximum Gasteiger partial charge on any atom is 0.225 e. The second kappa shape index (κ2) is 9.45. The van der Waals surface area contributed by atoms with Gasteiger partial charge in [-0.1, -0.05) is 6.07 Å². The second-order valence-electron chi connectivity index (χ2n) is 6.61. The molecule has 3 N–H and O–H groups in total. The number of pyridine rings is 1. The highest BCUT2D eigenvalue weighted by Crippen LogP contribution is 2.36. The zero-order valence-corrected chi connectivity index (χ0v) is 18.2. The third-order valence-corrected chi connectivity index (χ3v) is 6.24. The molecule has 0 aliphatic heterocycles. The van der Waals surface area contributed by atoms with E-state index in [9.17, 15) is 15.3 Å². The molecule has 0 unspecified atom stereocenters. The fourth-order valence-corrected chi connectivity index (χ4v) is 4.46. The average molecular weight is 434 g/mol. The Morgan fingerprint density at radius 1 is 1.20 bits per heavy atom. The van der Waals surface area contributed by atoms with Crippen LogP contribution in [0.5, 0.6) is 0 Å². The Kier molecular flexibility index (Phi) is 6.73. The van der Waals surface area contributed by atoms with Crippen LogP contribution in [0.15, 0.2) is 40.1 Å². The van der Waals surface area contributed by atoms with Gasteiger partial charge in [-0.25, -0.2) is 4.98 Å². The van der Waals surface area contributed by atoms with Crippen molar-refractivity contribution >= 4 is 40.5 Å². The molecule has 0 aliphatic carbocycles. The van der Waals surface area contributed by atoms with Crippen molar-refractivity contribution in [3.63, 3.8) is 0 Å². The number of nitriles is 2. The van der Waals surface area contributed by atoms with Crippen LogP contribution in [-0.4, -0.2) is 16.6 Å². The number of nitrogens with one attached hydrogen (secondary N) is 1. The van der Waals surface area contributed by atoms with Crippen molar-refractivity contribution < 1.29 is 4.79 Å². The molecule has 0 spiro atoms. The predicted molar refractivity (Wildman–Crippen MR) is 121 cm³/mol. The van der Waals surface area contributed by atoms with Crippen LogP contribution in [0.2, 0.25) is 0 Å². The largest absolute Gasteiger partial charge is 0.383 e. The van der Waals surface area contributed by atoms with Crippen molar-refractivity contribution in [2.45, 2.75) is 25.3 Å². The minimum atomic E-state index is -0.121. The summed E-state index contributed by atoms with van der Waals surface area (Å²) in [5, 5.41) is 26.3. The number of benzene rings is 1. The molecule has 6 nitrogen and oxygen atoms in total. The number of nitrogens with zero attached hydrogens (tertiary/aromatic N) is 3. The van der Waals surface area contributed by atoms with E-state index in [1.54, 1.807) is 0 Å². The van der Waals surface area contributed by atoms with E-state index in [2.05, 4.69) is 22.4 Å². The lowest BCUT2D eigenvalue weighted by Crippen LogP contribution is -2.12. The predicted octanol–water partition coefficient (Wildman–Crippen LogP) is 4.87. The van der Waals surface area contributed by atoms with E-state index < -0.39 is 0 Å². The Morgan fingerprint density at radius 3 is 2.60 bits per heavy atom. The number of amides is 1. The van der Waals surface area contributed by atoms with Crippen LogP contribution in [0.1, 0.15) is 28.7 Å². The summed E-state index contributed by atoms with van der Waals surface area (Å²) in [5.41, 5.74) is 10.8. The quantitative estimate of drug-likeness (QED) is 0.536. The van der Waals surface area contributed by atoms with Gasteiger partial charge < -0.3 is 11.1 Å². The minimum absolute atomic E-state index is 0.0831. The Hall–Kier alpha value is -3.33. The average Bonchev–Trinajstić information content (AvgIpc) is 3.24. The normalized spacial score (nSPS) is 10.3. The number of hydrogen-bond acceptors (Lipinski definition) is 7. The van der Waals surface area contributed by atoms with Gasteiger partial charge in [-0.3, -0.25) is 4.79 Å². The first-order valence-electron chi connectivity index (χ1n) is 9.10. The Morgan fingerprint density at radius 2 is 1.97 bits per heavy atom. The van der Waals surface area contributed by atoms with Gasteiger partial charge in [0.1, 0.15) is 28.5 Å². The number of carbonyl (C=O) groups excluding carboxylic acids is 1. The van der Waals surface area contributed by atoms with Gasteiger partial charge in [0.2, 0.25) is 5.91 Å². The molecule has 3 rings (SSSR count). The molecule has 150 valence electrons. The number of anilines is 2. The van der Waals surface area contributed by atoms with Crippen LogP contribution in [0, 0.1) is 36.5 Å². The van der Waals surface area contributed by atoms with Crippen molar-refractivity contribution in [1.29, 1.82) is 10.5 Å². The second-order valence-corrected chi connectivity index (χ2v) is 8.47. The summed E-state index contributed by atoms with van der Waals surface area (Å²) in [6.45, 7) is 4.02. The smallest absolute Gasteiger partial charge is 0.225 e. The first kappa shape index (κ1) is 21.4. The van der Waals surface area contributed by atoms with Crippen LogP contribution >= 0.6 is 23.1 Å². The first-order valence-corrected chi connectivity index (χ1v) is 11.0. The van der Waals surface area contributed by atoms with E-state index in [0.29, 0.717) is 21.9 Å². The topological polar surface area (TPSA) is 116 Å². The number of hydrogen-bond donors (Lipinski definition) is 2. The van der Waals surface area contributed by atoms with Crippen LogP contribution in [0.3, 0.4) is 0 Å². The minimum Gasteiger partial charge on any atom is -0.383 e. The van der Waals surface area contributed by atoms with Crippen molar-refractivity contribution in [2.75, 3.05) is 16.8 Å². The molecule has 2 heterocycles. The molecule has 0 fully saturated rings. The van der Waals surface area contributed by atoms with Crippen LogP contribution < -0.4 is 11.1 Å². The number of nitrogens with two attached hydrogens (primary N) is 1. The lowest BCUT2D eigenvalue weighted by atomic mass is 9.99. The molecule has 0 atom stereocenters. The fourth-order valence-electron chi connectivity index (χ4n) is 2.88. The summed E-state index contributed by atoms with van der Waals surface area (Å²) in [6, 6.07) is 11.8. The van der Waals surface area contributed by atoms with Gasteiger partial charge >= 0.3 is 0 Å². The summed E-state index contributed by atoms with van der Waals surface area (Å²) in [7, 11) is 0. The Balaban J connectivity index is 1.75.